The second-order valence-corrected chi connectivity index (χ2v) is 5.66. The highest BCUT2D eigenvalue weighted by Gasteiger charge is 2.28. The minimum Gasteiger partial charge on any atom is -0.454 e. The zero-order chi connectivity index (χ0) is 16.2. The van der Waals surface area contributed by atoms with E-state index < -0.39 is 12.1 Å². The van der Waals surface area contributed by atoms with Crippen molar-refractivity contribution in [2.45, 2.75) is 18.4 Å². The maximum Gasteiger partial charge on any atom is 0.338 e. The number of benzene rings is 1. The molecular weight excluding hydrogens is 314 g/mol. The van der Waals surface area contributed by atoms with Gasteiger partial charge in [-0.05, 0) is 35.9 Å². The average Bonchev–Trinajstić information content (AvgIpc) is 2.58. The molecule has 0 N–H and O–H groups in total. The number of ether oxygens (including phenoxy) is 1. The number of carbonyl (C=O) groups excluding carboxylic acids is 2. The zero-order valence-corrected chi connectivity index (χ0v) is 12.9. The van der Waals surface area contributed by atoms with Crippen LogP contribution in [0.3, 0.4) is 0 Å². The summed E-state index contributed by atoms with van der Waals surface area (Å²) in [5.41, 5.74) is 1.26. The molecule has 116 valence electrons. The van der Waals surface area contributed by atoms with Crippen LogP contribution in [0.5, 0.6) is 0 Å². The molecule has 0 saturated heterocycles. The number of esters is 1. The smallest absolute Gasteiger partial charge is 0.338 e. The van der Waals surface area contributed by atoms with Crippen molar-refractivity contribution in [2.75, 3.05) is 0 Å². The van der Waals surface area contributed by atoms with Gasteiger partial charge in [-0.1, -0.05) is 35.9 Å². The summed E-state index contributed by atoms with van der Waals surface area (Å²) in [6.07, 6.45) is 4.63. The lowest BCUT2D eigenvalue weighted by Gasteiger charge is -2.24. The van der Waals surface area contributed by atoms with Gasteiger partial charge in [0.25, 0.3) is 0 Å². The van der Waals surface area contributed by atoms with Crippen LogP contribution in [-0.4, -0.2) is 22.8 Å². The number of nitrogens with zero attached hydrogens (tertiary/aromatic N) is 1. The van der Waals surface area contributed by atoms with Crippen LogP contribution in [-0.2, 0) is 9.53 Å². The lowest BCUT2D eigenvalue weighted by Crippen LogP contribution is -2.26. The van der Waals surface area contributed by atoms with Gasteiger partial charge in [-0.2, -0.15) is 0 Å². The molecule has 0 fully saturated rings. The monoisotopic (exact) mass is 327 g/mol. The van der Waals surface area contributed by atoms with Gasteiger partial charge in [0.05, 0.1) is 11.5 Å². The molecule has 0 unspecified atom stereocenters. The van der Waals surface area contributed by atoms with E-state index in [9.17, 15) is 9.59 Å². The van der Waals surface area contributed by atoms with Gasteiger partial charge >= 0.3 is 5.97 Å². The summed E-state index contributed by atoms with van der Waals surface area (Å²) in [5.74, 6) is -0.804. The number of rotatable bonds is 3. The summed E-state index contributed by atoms with van der Waals surface area (Å²) in [7, 11) is 0. The van der Waals surface area contributed by atoms with Crippen molar-refractivity contribution in [2.24, 2.45) is 0 Å². The van der Waals surface area contributed by atoms with E-state index in [1.807, 2.05) is 6.07 Å². The summed E-state index contributed by atoms with van der Waals surface area (Å²) in [6.45, 7) is 0. The normalized spacial score (nSPS) is 20.3. The molecule has 1 aromatic heterocycles. The van der Waals surface area contributed by atoms with Crippen LogP contribution in [0.2, 0.25) is 5.15 Å². The van der Waals surface area contributed by atoms with E-state index in [0.717, 1.165) is 5.56 Å². The van der Waals surface area contributed by atoms with Crippen molar-refractivity contribution in [3.8, 4) is 0 Å². The number of halogens is 1. The fourth-order valence-electron chi connectivity index (χ4n) is 2.51. The van der Waals surface area contributed by atoms with Gasteiger partial charge in [0.2, 0.25) is 0 Å². The van der Waals surface area contributed by atoms with E-state index in [2.05, 4.69) is 4.98 Å². The Morgan fingerprint density at radius 2 is 1.96 bits per heavy atom. The van der Waals surface area contributed by atoms with Crippen LogP contribution in [0.1, 0.15) is 28.3 Å². The first kappa shape index (κ1) is 15.4. The molecule has 3 rings (SSSR count). The van der Waals surface area contributed by atoms with Crippen molar-refractivity contribution >= 4 is 23.4 Å². The summed E-state index contributed by atoms with van der Waals surface area (Å²) in [5, 5.41) is 0.375. The van der Waals surface area contributed by atoms with Gasteiger partial charge in [0, 0.05) is 12.6 Å². The molecule has 0 saturated carbocycles. The summed E-state index contributed by atoms with van der Waals surface area (Å²) < 4.78 is 5.48. The van der Waals surface area contributed by atoms with E-state index in [0.29, 0.717) is 17.1 Å². The largest absolute Gasteiger partial charge is 0.454 e. The Bertz CT molecular complexity index is 741. The Hall–Kier alpha value is -2.46. The van der Waals surface area contributed by atoms with Gasteiger partial charge in [0.15, 0.2) is 5.78 Å². The third kappa shape index (κ3) is 3.66. The minimum absolute atomic E-state index is 0.0267. The van der Waals surface area contributed by atoms with Crippen molar-refractivity contribution in [1.29, 1.82) is 0 Å². The zero-order valence-electron chi connectivity index (χ0n) is 12.2. The van der Waals surface area contributed by atoms with Crippen molar-refractivity contribution in [3.63, 3.8) is 0 Å². The maximum atomic E-state index is 12.1. The fourth-order valence-corrected chi connectivity index (χ4v) is 2.62. The molecule has 1 aliphatic rings. The third-order valence-corrected chi connectivity index (χ3v) is 3.93. The molecule has 23 heavy (non-hydrogen) atoms. The molecule has 0 amide bonds. The summed E-state index contributed by atoms with van der Waals surface area (Å²) in [6, 6.07) is 12.2. The Morgan fingerprint density at radius 3 is 2.65 bits per heavy atom. The number of carbonyl (C=O) groups is 2. The quantitative estimate of drug-likeness (QED) is 0.638. The summed E-state index contributed by atoms with van der Waals surface area (Å²) in [4.78, 5) is 28.2. The number of hydrogen-bond donors (Lipinski definition) is 0. The topological polar surface area (TPSA) is 56.3 Å². The van der Waals surface area contributed by atoms with Gasteiger partial charge < -0.3 is 4.74 Å². The van der Waals surface area contributed by atoms with Crippen molar-refractivity contribution in [1.82, 2.24) is 4.98 Å². The predicted molar refractivity (Wildman–Crippen MR) is 86.4 cm³/mol. The first-order valence-electron chi connectivity index (χ1n) is 7.23. The minimum atomic E-state index is -0.443. The van der Waals surface area contributed by atoms with Gasteiger partial charge in [-0.25, -0.2) is 9.78 Å². The Labute approximate surface area is 138 Å². The molecular formula is C18H14ClNO3. The SMILES string of the molecule is O=C(O[C@H]1C=CC(=O)[C@H](c2ccc(Cl)nc2)C1)c1ccccc1. The molecule has 1 aromatic carbocycles. The highest BCUT2D eigenvalue weighted by atomic mass is 35.5. The van der Waals surface area contributed by atoms with E-state index in [4.69, 9.17) is 16.3 Å². The van der Waals surface area contributed by atoms with E-state index in [1.165, 1.54) is 6.08 Å². The highest BCUT2D eigenvalue weighted by molar-refractivity contribution is 6.29. The number of pyridine rings is 1. The number of hydrogen-bond acceptors (Lipinski definition) is 4. The number of ketones is 1. The predicted octanol–water partition coefficient (Wildman–Crippen LogP) is 3.57. The van der Waals surface area contributed by atoms with Crippen LogP contribution in [0.15, 0.2) is 60.8 Å². The molecule has 0 bridgehead atoms. The Morgan fingerprint density at radius 1 is 1.17 bits per heavy atom. The molecule has 0 aliphatic heterocycles. The van der Waals surface area contributed by atoms with E-state index >= 15 is 0 Å². The second-order valence-electron chi connectivity index (χ2n) is 5.27. The lowest BCUT2D eigenvalue weighted by atomic mass is 9.86. The molecule has 0 radical (unpaired) electrons. The highest BCUT2D eigenvalue weighted by Crippen LogP contribution is 2.28. The molecule has 2 atom stereocenters. The first-order valence-corrected chi connectivity index (χ1v) is 7.61. The van der Waals surface area contributed by atoms with Crippen LogP contribution in [0, 0.1) is 0 Å². The van der Waals surface area contributed by atoms with Crippen LogP contribution < -0.4 is 0 Å². The molecule has 5 heteroatoms. The van der Waals surface area contributed by atoms with Gasteiger partial charge in [0.1, 0.15) is 11.3 Å². The molecule has 1 heterocycles. The van der Waals surface area contributed by atoms with Gasteiger partial charge in [-0.15, -0.1) is 0 Å². The molecule has 1 aliphatic carbocycles. The third-order valence-electron chi connectivity index (χ3n) is 3.71. The van der Waals surface area contributed by atoms with Crippen LogP contribution in [0.25, 0.3) is 0 Å². The Kier molecular flexibility index (Phi) is 4.53. The summed E-state index contributed by atoms with van der Waals surface area (Å²) >= 11 is 5.77. The standard InChI is InChI=1S/C18H14ClNO3/c19-17-9-6-13(11-20-17)15-10-14(7-8-16(15)21)23-18(22)12-4-2-1-3-5-12/h1-9,11,14-15H,10H2/t14-,15-/m0/s1. The van der Waals surface area contributed by atoms with Crippen molar-refractivity contribution < 1.29 is 14.3 Å². The number of allylic oxidation sites excluding steroid dienone is 1. The van der Waals surface area contributed by atoms with Gasteiger partial charge in [-0.3, -0.25) is 4.79 Å². The molecule has 2 aromatic rings. The maximum absolute atomic E-state index is 12.1. The van der Waals surface area contributed by atoms with Crippen molar-refractivity contribution in [3.05, 3.63) is 77.1 Å². The van der Waals surface area contributed by atoms with E-state index in [1.54, 1.807) is 48.7 Å². The van der Waals surface area contributed by atoms with Crippen LogP contribution in [0.4, 0.5) is 0 Å². The molecule has 0 spiro atoms. The first-order chi connectivity index (χ1) is 11.1. The lowest BCUT2D eigenvalue weighted by molar-refractivity contribution is -0.117. The van der Waals surface area contributed by atoms with E-state index in [-0.39, 0.29) is 11.7 Å². The van der Waals surface area contributed by atoms with Crippen LogP contribution >= 0.6 is 11.6 Å². The molecule has 4 nitrogen and oxygen atoms in total. The second kappa shape index (κ2) is 6.75. The Balaban J connectivity index is 1.73. The number of aromatic nitrogens is 1. The fraction of sp³-hybridized carbons (Fsp3) is 0.167. The average molecular weight is 328 g/mol.